The molecular weight excluding hydrogens is 312 g/mol. The smallest absolute Gasteiger partial charge is 0.223 e. The van der Waals surface area contributed by atoms with Crippen molar-refractivity contribution in [3.05, 3.63) is 29.3 Å². The molecule has 1 aliphatic heterocycles. The van der Waals surface area contributed by atoms with Crippen molar-refractivity contribution in [2.45, 2.75) is 71.1 Å². The number of nitrogens with zero attached hydrogens (tertiary/aromatic N) is 2. The first-order valence-electron chi connectivity index (χ1n) is 9.77. The normalized spacial score (nSPS) is 22.0. The Labute approximate surface area is 152 Å². The molecular formula is C21H32N2O2. The van der Waals surface area contributed by atoms with Crippen molar-refractivity contribution < 1.29 is 9.53 Å². The number of aryl methyl sites for hydroxylation is 1. The molecule has 25 heavy (non-hydrogen) atoms. The highest BCUT2D eigenvalue weighted by molar-refractivity contribution is 5.76. The lowest BCUT2D eigenvalue weighted by atomic mass is 9.94. The summed E-state index contributed by atoms with van der Waals surface area (Å²) in [5.74, 6) is 1.28. The Hall–Kier alpha value is -1.55. The third kappa shape index (κ3) is 4.75. The molecule has 1 atom stereocenters. The summed E-state index contributed by atoms with van der Waals surface area (Å²) in [4.78, 5) is 17.0. The van der Waals surface area contributed by atoms with Crippen LogP contribution in [0.3, 0.4) is 0 Å². The minimum absolute atomic E-state index is 0.148. The molecule has 4 nitrogen and oxygen atoms in total. The summed E-state index contributed by atoms with van der Waals surface area (Å²) >= 11 is 0. The number of hydrogen-bond donors (Lipinski definition) is 0. The van der Waals surface area contributed by atoms with E-state index in [-0.39, 0.29) is 12.0 Å². The first-order chi connectivity index (χ1) is 12.0. The van der Waals surface area contributed by atoms with Crippen LogP contribution in [0.5, 0.6) is 5.75 Å². The molecule has 1 saturated carbocycles. The van der Waals surface area contributed by atoms with Crippen LogP contribution in [0.4, 0.5) is 0 Å². The summed E-state index contributed by atoms with van der Waals surface area (Å²) in [5.41, 5.74) is 2.49. The third-order valence-corrected chi connectivity index (χ3v) is 5.61. The van der Waals surface area contributed by atoms with E-state index in [1.165, 1.54) is 43.2 Å². The Morgan fingerprint density at radius 1 is 1.28 bits per heavy atom. The van der Waals surface area contributed by atoms with Crippen LogP contribution in [0.25, 0.3) is 0 Å². The number of rotatable bonds is 4. The monoisotopic (exact) mass is 344 g/mol. The van der Waals surface area contributed by atoms with Crippen LogP contribution in [0, 0.1) is 6.92 Å². The van der Waals surface area contributed by atoms with Gasteiger partial charge in [-0.1, -0.05) is 37.0 Å². The summed E-state index contributed by atoms with van der Waals surface area (Å²) in [6.07, 6.45) is 6.94. The first-order valence-corrected chi connectivity index (χ1v) is 9.77. The summed E-state index contributed by atoms with van der Waals surface area (Å²) in [6, 6.07) is 6.84. The number of ether oxygens (including phenoxy) is 1. The third-order valence-electron chi connectivity index (χ3n) is 5.61. The number of carbonyl (C=O) groups excluding carboxylic acids is 1. The fraction of sp³-hybridized carbons (Fsp3) is 0.667. The lowest BCUT2D eigenvalue weighted by molar-refractivity contribution is -0.133. The average Bonchev–Trinajstić information content (AvgIpc) is 2.77. The molecule has 1 aliphatic carbocycles. The second-order valence-electron chi connectivity index (χ2n) is 7.82. The average molecular weight is 344 g/mol. The van der Waals surface area contributed by atoms with E-state index >= 15 is 0 Å². The zero-order valence-corrected chi connectivity index (χ0v) is 16.0. The van der Waals surface area contributed by atoms with Gasteiger partial charge in [-0.05, 0) is 32.8 Å². The highest BCUT2D eigenvalue weighted by Crippen LogP contribution is 2.26. The molecule has 0 N–H and O–H groups in total. The maximum atomic E-state index is 12.6. The van der Waals surface area contributed by atoms with Crippen LogP contribution in [0.15, 0.2) is 18.2 Å². The van der Waals surface area contributed by atoms with Gasteiger partial charge in [-0.3, -0.25) is 9.69 Å². The number of benzene rings is 1. The Bertz CT molecular complexity index is 596. The quantitative estimate of drug-likeness (QED) is 0.834. The van der Waals surface area contributed by atoms with Gasteiger partial charge in [0.15, 0.2) is 0 Å². The highest BCUT2D eigenvalue weighted by Gasteiger charge is 2.24. The standard InChI is InChI=1S/C21H32N2O2/c1-16-9-10-20-18(13-16)15-23(14-17(2)25-20)12-11-21(24)22(3)19-7-5-4-6-8-19/h9-10,13,17,19H,4-8,11-12,14-15H2,1-3H3/t17-/m0/s1. The molecule has 2 aliphatic rings. The number of amides is 1. The summed E-state index contributed by atoms with van der Waals surface area (Å²) in [5, 5.41) is 0. The predicted octanol–water partition coefficient (Wildman–Crippen LogP) is 3.76. The molecule has 0 unspecified atom stereocenters. The van der Waals surface area contributed by atoms with Crippen LogP contribution in [-0.2, 0) is 11.3 Å². The Morgan fingerprint density at radius 3 is 2.80 bits per heavy atom. The van der Waals surface area contributed by atoms with Gasteiger partial charge in [0, 0.05) is 44.7 Å². The molecule has 1 amide bonds. The molecule has 0 saturated heterocycles. The second-order valence-corrected chi connectivity index (χ2v) is 7.82. The summed E-state index contributed by atoms with van der Waals surface area (Å²) in [6.45, 7) is 6.76. The fourth-order valence-electron chi connectivity index (χ4n) is 4.14. The van der Waals surface area contributed by atoms with Crippen molar-refractivity contribution in [3.8, 4) is 5.75 Å². The lowest BCUT2D eigenvalue weighted by Gasteiger charge is -2.32. The van der Waals surface area contributed by atoms with Gasteiger partial charge in [-0.15, -0.1) is 0 Å². The molecule has 1 heterocycles. The predicted molar refractivity (Wildman–Crippen MR) is 101 cm³/mol. The Morgan fingerprint density at radius 2 is 2.04 bits per heavy atom. The van der Waals surface area contributed by atoms with Crippen LogP contribution >= 0.6 is 0 Å². The molecule has 3 rings (SSSR count). The van der Waals surface area contributed by atoms with Crippen molar-refractivity contribution >= 4 is 5.91 Å². The molecule has 1 aromatic rings. The largest absolute Gasteiger partial charge is 0.489 e. The second kappa shape index (κ2) is 8.22. The van der Waals surface area contributed by atoms with E-state index in [1.54, 1.807) is 0 Å². The van der Waals surface area contributed by atoms with E-state index in [9.17, 15) is 4.79 Å². The summed E-state index contributed by atoms with van der Waals surface area (Å²) < 4.78 is 6.05. The van der Waals surface area contributed by atoms with Crippen molar-refractivity contribution in [1.82, 2.24) is 9.80 Å². The van der Waals surface area contributed by atoms with Gasteiger partial charge >= 0.3 is 0 Å². The van der Waals surface area contributed by atoms with Crippen molar-refractivity contribution in [3.63, 3.8) is 0 Å². The fourth-order valence-corrected chi connectivity index (χ4v) is 4.14. The number of fused-ring (bicyclic) bond motifs is 1. The van der Waals surface area contributed by atoms with Gasteiger partial charge in [0.2, 0.25) is 5.91 Å². The van der Waals surface area contributed by atoms with Gasteiger partial charge in [0.05, 0.1) is 0 Å². The zero-order chi connectivity index (χ0) is 17.8. The van der Waals surface area contributed by atoms with E-state index in [0.717, 1.165) is 25.4 Å². The molecule has 1 aromatic carbocycles. The first kappa shape index (κ1) is 18.2. The van der Waals surface area contributed by atoms with E-state index in [0.29, 0.717) is 12.5 Å². The minimum atomic E-state index is 0.148. The van der Waals surface area contributed by atoms with Gasteiger partial charge in [0.1, 0.15) is 11.9 Å². The Balaban J connectivity index is 1.57. The maximum absolute atomic E-state index is 12.6. The Kier molecular flexibility index (Phi) is 6.00. The van der Waals surface area contributed by atoms with Crippen molar-refractivity contribution in [1.29, 1.82) is 0 Å². The topological polar surface area (TPSA) is 32.8 Å². The van der Waals surface area contributed by atoms with E-state index < -0.39 is 0 Å². The van der Waals surface area contributed by atoms with Gasteiger partial charge < -0.3 is 9.64 Å². The van der Waals surface area contributed by atoms with E-state index in [4.69, 9.17) is 4.74 Å². The van der Waals surface area contributed by atoms with Crippen LogP contribution in [-0.4, -0.2) is 48.0 Å². The van der Waals surface area contributed by atoms with Crippen LogP contribution < -0.4 is 4.74 Å². The molecule has 0 aromatic heterocycles. The molecule has 0 radical (unpaired) electrons. The van der Waals surface area contributed by atoms with Gasteiger partial charge in [-0.2, -0.15) is 0 Å². The molecule has 0 spiro atoms. The lowest BCUT2D eigenvalue weighted by Crippen LogP contribution is -2.40. The molecule has 1 fully saturated rings. The van der Waals surface area contributed by atoms with E-state index in [1.807, 2.05) is 11.9 Å². The van der Waals surface area contributed by atoms with Crippen LogP contribution in [0.1, 0.15) is 56.6 Å². The van der Waals surface area contributed by atoms with Gasteiger partial charge in [-0.25, -0.2) is 0 Å². The number of hydrogen-bond acceptors (Lipinski definition) is 3. The highest BCUT2D eigenvalue weighted by atomic mass is 16.5. The van der Waals surface area contributed by atoms with E-state index in [2.05, 4.69) is 36.9 Å². The molecule has 138 valence electrons. The van der Waals surface area contributed by atoms with Crippen molar-refractivity contribution in [2.24, 2.45) is 0 Å². The molecule has 4 heteroatoms. The van der Waals surface area contributed by atoms with Crippen molar-refractivity contribution in [2.75, 3.05) is 20.1 Å². The van der Waals surface area contributed by atoms with Crippen LogP contribution in [0.2, 0.25) is 0 Å². The minimum Gasteiger partial charge on any atom is -0.489 e. The maximum Gasteiger partial charge on any atom is 0.223 e. The zero-order valence-electron chi connectivity index (χ0n) is 16.0. The SMILES string of the molecule is Cc1ccc2c(c1)CN(CCC(=O)N(C)C1CCCCC1)C[C@H](C)O2. The number of carbonyl (C=O) groups is 1. The van der Waals surface area contributed by atoms with Gasteiger partial charge in [0.25, 0.3) is 0 Å². The molecule has 0 bridgehead atoms. The summed E-state index contributed by atoms with van der Waals surface area (Å²) in [7, 11) is 1.99.